The summed E-state index contributed by atoms with van der Waals surface area (Å²) in [6.07, 6.45) is 2.12. The Labute approximate surface area is 107 Å². The second kappa shape index (κ2) is 4.58. The van der Waals surface area contributed by atoms with Gasteiger partial charge in [0.05, 0.1) is 16.7 Å². The molecule has 0 aliphatic carbocycles. The van der Waals surface area contributed by atoms with E-state index in [2.05, 4.69) is 23.7 Å². The maximum absolute atomic E-state index is 9.67. The Kier molecular flexibility index (Phi) is 3.46. The first-order valence-corrected chi connectivity index (χ1v) is 7.11. The quantitative estimate of drug-likeness (QED) is 0.881. The minimum Gasteiger partial charge on any atom is -0.388 e. The predicted octanol–water partition coefficient (Wildman–Crippen LogP) is 3.13. The van der Waals surface area contributed by atoms with E-state index in [1.54, 1.807) is 11.3 Å². The molecule has 2 heterocycles. The molecule has 0 radical (unpaired) electrons. The van der Waals surface area contributed by atoms with Gasteiger partial charge >= 0.3 is 0 Å². The van der Waals surface area contributed by atoms with E-state index in [0.717, 1.165) is 28.8 Å². The third kappa shape index (κ3) is 2.80. The highest BCUT2D eigenvalue weighted by atomic mass is 32.1. The van der Waals surface area contributed by atoms with Crippen molar-refractivity contribution in [3.05, 3.63) is 10.6 Å². The SMILES string of the molecule is Cc1nc(N2CCCC(C)(C)C2)sc1C(C)O. The van der Waals surface area contributed by atoms with Crippen LogP contribution >= 0.6 is 11.3 Å². The second-order valence-electron chi connectivity index (χ2n) is 5.81. The third-order valence-electron chi connectivity index (χ3n) is 3.37. The topological polar surface area (TPSA) is 36.4 Å². The van der Waals surface area contributed by atoms with Crippen LogP contribution in [0.1, 0.15) is 50.3 Å². The van der Waals surface area contributed by atoms with Crippen LogP contribution in [0.3, 0.4) is 0 Å². The van der Waals surface area contributed by atoms with E-state index in [9.17, 15) is 5.11 Å². The number of nitrogens with zero attached hydrogens (tertiary/aromatic N) is 2. The minimum atomic E-state index is -0.404. The lowest BCUT2D eigenvalue weighted by Gasteiger charge is -2.37. The third-order valence-corrected chi connectivity index (χ3v) is 4.76. The fourth-order valence-electron chi connectivity index (χ4n) is 2.50. The maximum Gasteiger partial charge on any atom is 0.185 e. The standard InChI is InChI=1S/C13H22N2OS/c1-9-11(10(2)16)17-12(14-9)15-7-5-6-13(3,4)8-15/h10,16H,5-8H2,1-4H3. The van der Waals surface area contributed by atoms with Gasteiger partial charge in [-0.2, -0.15) is 0 Å². The van der Waals surface area contributed by atoms with Gasteiger partial charge in [0.15, 0.2) is 5.13 Å². The maximum atomic E-state index is 9.67. The normalized spacial score (nSPS) is 21.6. The summed E-state index contributed by atoms with van der Waals surface area (Å²) in [5, 5.41) is 10.7. The van der Waals surface area contributed by atoms with Gasteiger partial charge in [-0.05, 0) is 32.1 Å². The monoisotopic (exact) mass is 254 g/mol. The van der Waals surface area contributed by atoms with E-state index in [0.29, 0.717) is 5.41 Å². The number of aromatic nitrogens is 1. The molecule has 0 bridgehead atoms. The van der Waals surface area contributed by atoms with Crippen molar-refractivity contribution in [3.63, 3.8) is 0 Å². The molecule has 1 aromatic rings. The molecule has 0 saturated carbocycles. The molecule has 1 atom stereocenters. The van der Waals surface area contributed by atoms with Crippen LogP contribution in [0.2, 0.25) is 0 Å². The zero-order valence-electron chi connectivity index (χ0n) is 11.2. The molecular formula is C13H22N2OS. The first kappa shape index (κ1) is 12.8. The van der Waals surface area contributed by atoms with Crippen molar-refractivity contribution in [2.24, 2.45) is 5.41 Å². The summed E-state index contributed by atoms with van der Waals surface area (Å²) >= 11 is 1.64. The van der Waals surface area contributed by atoms with Crippen LogP contribution < -0.4 is 4.90 Å². The second-order valence-corrected chi connectivity index (χ2v) is 6.82. The van der Waals surface area contributed by atoms with Crippen molar-refractivity contribution >= 4 is 16.5 Å². The molecule has 1 aromatic heterocycles. The van der Waals surface area contributed by atoms with Gasteiger partial charge in [-0.3, -0.25) is 0 Å². The molecular weight excluding hydrogens is 232 g/mol. The van der Waals surface area contributed by atoms with Crippen LogP contribution in [0.25, 0.3) is 0 Å². The molecule has 0 aromatic carbocycles. The average Bonchev–Trinajstić information content (AvgIpc) is 2.59. The largest absolute Gasteiger partial charge is 0.388 e. The number of hydrogen-bond acceptors (Lipinski definition) is 4. The lowest BCUT2D eigenvalue weighted by Crippen LogP contribution is -2.40. The minimum absolute atomic E-state index is 0.378. The summed E-state index contributed by atoms with van der Waals surface area (Å²) in [6, 6.07) is 0. The van der Waals surface area contributed by atoms with E-state index in [4.69, 9.17) is 0 Å². The zero-order valence-corrected chi connectivity index (χ0v) is 12.0. The molecule has 0 spiro atoms. The molecule has 3 nitrogen and oxygen atoms in total. The van der Waals surface area contributed by atoms with Crippen molar-refractivity contribution in [2.75, 3.05) is 18.0 Å². The summed E-state index contributed by atoms with van der Waals surface area (Å²) in [5.74, 6) is 0. The summed E-state index contributed by atoms with van der Waals surface area (Å²) in [5.41, 5.74) is 1.35. The van der Waals surface area contributed by atoms with Gasteiger partial charge in [-0.15, -0.1) is 0 Å². The molecule has 96 valence electrons. The van der Waals surface area contributed by atoms with Gasteiger partial charge in [0.2, 0.25) is 0 Å². The Morgan fingerprint density at radius 2 is 2.18 bits per heavy atom. The van der Waals surface area contributed by atoms with Crippen LogP contribution in [0.4, 0.5) is 5.13 Å². The van der Waals surface area contributed by atoms with Crippen LogP contribution in [-0.2, 0) is 0 Å². The predicted molar refractivity (Wildman–Crippen MR) is 72.7 cm³/mol. The molecule has 1 N–H and O–H groups in total. The van der Waals surface area contributed by atoms with E-state index < -0.39 is 6.10 Å². The molecule has 1 fully saturated rings. The van der Waals surface area contributed by atoms with Crippen molar-refractivity contribution in [1.29, 1.82) is 0 Å². The molecule has 1 unspecified atom stereocenters. The van der Waals surface area contributed by atoms with Crippen molar-refractivity contribution in [3.8, 4) is 0 Å². The smallest absolute Gasteiger partial charge is 0.185 e. The number of piperidine rings is 1. The highest BCUT2D eigenvalue weighted by molar-refractivity contribution is 7.15. The Bertz CT molecular complexity index is 398. The van der Waals surface area contributed by atoms with E-state index in [1.165, 1.54) is 12.8 Å². The van der Waals surface area contributed by atoms with Gasteiger partial charge in [-0.25, -0.2) is 4.98 Å². The van der Waals surface area contributed by atoms with Crippen LogP contribution in [0.15, 0.2) is 0 Å². The number of rotatable bonds is 2. The lowest BCUT2D eigenvalue weighted by atomic mass is 9.84. The molecule has 0 amide bonds. The van der Waals surface area contributed by atoms with Crippen LogP contribution in [0.5, 0.6) is 0 Å². The van der Waals surface area contributed by atoms with Crippen molar-refractivity contribution in [2.45, 2.75) is 46.6 Å². The van der Waals surface area contributed by atoms with Crippen molar-refractivity contribution in [1.82, 2.24) is 4.98 Å². The van der Waals surface area contributed by atoms with Crippen LogP contribution in [0, 0.1) is 12.3 Å². The Balaban J connectivity index is 2.20. The average molecular weight is 254 g/mol. The molecule has 1 aliphatic heterocycles. The molecule has 4 heteroatoms. The van der Waals surface area contributed by atoms with Gasteiger partial charge in [0.25, 0.3) is 0 Å². The van der Waals surface area contributed by atoms with E-state index >= 15 is 0 Å². The zero-order chi connectivity index (χ0) is 12.6. The number of anilines is 1. The molecule has 2 rings (SSSR count). The van der Waals surface area contributed by atoms with E-state index in [1.807, 2.05) is 13.8 Å². The highest BCUT2D eigenvalue weighted by Gasteiger charge is 2.28. The van der Waals surface area contributed by atoms with Gasteiger partial charge in [-0.1, -0.05) is 25.2 Å². The Morgan fingerprint density at radius 3 is 2.71 bits per heavy atom. The summed E-state index contributed by atoms with van der Waals surface area (Å²) < 4.78 is 0. The molecule has 1 aliphatic rings. The molecule has 1 saturated heterocycles. The number of aliphatic hydroxyl groups excluding tert-OH is 1. The molecule has 17 heavy (non-hydrogen) atoms. The first-order valence-electron chi connectivity index (χ1n) is 6.29. The van der Waals surface area contributed by atoms with Gasteiger partial charge in [0.1, 0.15) is 0 Å². The van der Waals surface area contributed by atoms with E-state index in [-0.39, 0.29) is 0 Å². The summed E-state index contributed by atoms with van der Waals surface area (Å²) in [7, 11) is 0. The van der Waals surface area contributed by atoms with Crippen molar-refractivity contribution < 1.29 is 5.11 Å². The highest BCUT2D eigenvalue weighted by Crippen LogP contribution is 2.36. The van der Waals surface area contributed by atoms with Crippen LogP contribution in [-0.4, -0.2) is 23.2 Å². The number of aryl methyl sites for hydroxylation is 1. The van der Waals surface area contributed by atoms with Gasteiger partial charge in [0, 0.05) is 13.1 Å². The number of thiazole rings is 1. The fraction of sp³-hybridized carbons (Fsp3) is 0.769. The number of hydrogen-bond donors (Lipinski definition) is 1. The first-order chi connectivity index (χ1) is 7.89. The Morgan fingerprint density at radius 1 is 1.47 bits per heavy atom. The number of aliphatic hydroxyl groups is 1. The van der Waals surface area contributed by atoms with Gasteiger partial charge < -0.3 is 10.0 Å². The summed E-state index contributed by atoms with van der Waals surface area (Å²) in [6.45, 7) is 10.6. The Hall–Kier alpha value is -0.610. The lowest BCUT2D eigenvalue weighted by molar-refractivity contribution is 0.202. The summed E-state index contributed by atoms with van der Waals surface area (Å²) in [4.78, 5) is 7.98. The fourth-order valence-corrected chi connectivity index (χ4v) is 3.53.